The normalized spacial score (nSPS) is 11.7. The molecule has 0 heterocycles. The summed E-state index contributed by atoms with van der Waals surface area (Å²) in [5.74, 6) is 0.286. The maximum atomic E-state index is 12.4. The van der Waals surface area contributed by atoms with Crippen LogP contribution < -0.4 is 14.4 Å². The molecule has 142 valence electrons. The number of likely N-dealkylation sites (N-methyl/N-ethyl adjacent to an activating group) is 1. The van der Waals surface area contributed by atoms with Gasteiger partial charge in [0, 0.05) is 24.4 Å². The van der Waals surface area contributed by atoms with Gasteiger partial charge in [-0.15, -0.1) is 0 Å². The Labute approximate surface area is 159 Å². The molecule has 0 N–H and O–H groups in total. The standard InChI is InChI=1S/C21H23NO5/c1-15(21(24)22(2)17-8-6-5-7-9-17)27-20(23)13-10-16-14-18(25-3)11-12-19(16)26-4/h5-15H,1-4H3/b13-10+. The van der Waals surface area contributed by atoms with Gasteiger partial charge in [0.2, 0.25) is 0 Å². The minimum atomic E-state index is -0.917. The predicted octanol–water partition coefficient (Wildman–Crippen LogP) is 3.31. The van der Waals surface area contributed by atoms with E-state index in [1.165, 1.54) is 18.1 Å². The van der Waals surface area contributed by atoms with Gasteiger partial charge in [0.1, 0.15) is 11.5 Å². The average molecular weight is 369 g/mol. The molecule has 27 heavy (non-hydrogen) atoms. The topological polar surface area (TPSA) is 65.1 Å². The molecule has 0 aromatic heterocycles. The van der Waals surface area contributed by atoms with Crippen molar-refractivity contribution in [2.45, 2.75) is 13.0 Å². The molecule has 1 amide bonds. The van der Waals surface area contributed by atoms with Crippen LogP contribution in [-0.2, 0) is 14.3 Å². The first-order valence-corrected chi connectivity index (χ1v) is 8.39. The monoisotopic (exact) mass is 369 g/mol. The van der Waals surface area contributed by atoms with Crippen LogP contribution in [0.3, 0.4) is 0 Å². The van der Waals surface area contributed by atoms with Crippen molar-refractivity contribution >= 4 is 23.6 Å². The average Bonchev–Trinajstić information content (AvgIpc) is 2.71. The molecule has 1 atom stereocenters. The number of hydrogen-bond acceptors (Lipinski definition) is 5. The van der Waals surface area contributed by atoms with Crippen LogP contribution in [0.4, 0.5) is 5.69 Å². The van der Waals surface area contributed by atoms with Crippen molar-refractivity contribution in [3.8, 4) is 11.5 Å². The molecule has 0 saturated carbocycles. The molecule has 0 aliphatic carbocycles. The van der Waals surface area contributed by atoms with Gasteiger partial charge in [0.05, 0.1) is 14.2 Å². The van der Waals surface area contributed by atoms with E-state index in [0.717, 1.165) is 5.69 Å². The molecule has 0 spiro atoms. The number of anilines is 1. The van der Waals surface area contributed by atoms with Crippen LogP contribution in [0.15, 0.2) is 54.6 Å². The summed E-state index contributed by atoms with van der Waals surface area (Å²) in [6, 6.07) is 14.4. The second-order valence-electron chi connectivity index (χ2n) is 5.75. The third kappa shape index (κ3) is 5.34. The molecule has 2 rings (SSSR count). The fourth-order valence-corrected chi connectivity index (χ4v) is 2.44. The minimum absolute atomic E-state index is 0.318. The number of benzene rings is 2. The molecule has 0 aliphatic heterocycles. The SMILES string of the molecule is COc1ccc(OC)c(/C=C/C(=O)OC(C)C(=O)N(C)c2ccccc2)c1. The quantitative estimate of drug-likeness (QED) is 0.553. The van der Waals surface area contributed by atoms with Crippen LogP contribution in [0.1, 0.15) is 12.5 Å². The lowest BCUT2D eigenvalue weighted by molar-refractivity contribution is -0.148. The van der Waals surface area contributed by atoms with E-state index >= 15 is 0 Å². The molecule has 2 aromatic carbocycles. The number of para-hydroxylation sites is 1. The zero-order valence-electron chi connectivity index (χ0n) is 15.8. The summed E-state index contributed by atoms with van der Waals surface area (Å²) >= 11 is 0. The first kappa shape index (κ1) is 20.0. The Morgan fingerprint density at radius 2 is 1.74 bits per heavy atom. The molecule has 0 fully saturated rings. The highest BCUT2D eigenvalue weighted by molar-refractivity contribution is 5.98. The Kier molecular flexibility index (Phi) is 7.00. The smallest absolute Gasteiger partial charge is 0.331 e. The second-order valence-corrected chi connectivity index (χ2v) is 5.75. The fraction of sp³-hybridized carbons (Fsp3) is 0.238. The van der Waals surface area contributed by atoms with E-state index in [9.17, 15) is 9.59 Å². The van der Waals surface area contributed by atoms with Crippen LogP contribution in [0.2, 0.25) is 0 Å². The van der Waals surface area contributed by atoms with Crippen LogP contribution in [0.25, 0.3) is 6.08 Å². The van der Waals surface area contributed by atoms with Gasteiger partial charge in [-0.1, -0.05) is 18.2 Å². The second kappa shape index (κ2) is 9.43. The van der Waals surface area contributed by atoms with Crippen LogP contribution in [-0.4, -0.2) is 39.2 Å². The van der Waals surface area contributed by atoms with E-state index in [1.807, 2.05) is 18.2 Å². The van der Waals surface area contributed by atoms with Crippen molar-refractivity contribution < 1.29 is 23.8 Å². The van der Waals surface area contributed by atoms with E-state index in [-0.39, 0.29) is 5.91 Å². The third-order valence-electron chi connectivity index (χ3n) is 3.95. The van der Waals surface area contributed by atoms with Crippen molar-refractivity contribution in [1.29, 1.82) is 0 Å². The maximum absolute atomic E-state index is 12.4. The molecule has 1 unspecified atom stereocenters. The number of ether oxygens (including phenoxy) is 3. The van der Waals surface area contributed by atoms with Crippen molar-refractivity contribution in [1.82, 2.24) is 0 Å². The Bertz CT molecular complexity index is 817. The van der Waals surface area contributed by atoms with Crippen LogP contribution in [0, 0.1) is 0 Å². The molecule has 2 aromatic rings. The van der Waals surface area contributed by atoms with E-state index in [2.05, 4.69) is 0 Å². The van der Waals surface area contributed by atoms with Crippen molar-refractivity contribution in [3.63, 3.8) is 0 Å². The highest BCUT2D eigenvalue weighted by Gasteiger charge is 2.21. The summed E-state index contributed by atoms with van der Waals surface area (Å²) in [4.78, 5) is 26.0. The highest BCUT2D eigenvalue weighted by atomic mass is 16.5. The fourth-order valence-electron chi connectivity index (χ4n) is 2.44. The third-order valence-corrected chi connectivity index (χ3v) is 3.95. The summed E-state index contributed by atoms with van der Waals surface area (Å²) < 4.78 is 15.6. The molecule has 6 nitrogen and oxygen atoms in total. The summed E-state index contributed by atoms with van der Waals surface area (Å²) in [5.41, 5.74) is 1.39. The summed E-state index contributed by atoms with van der Waals surface area (Å²) in [6.45, 7) is 1.54. The Morgan fingerprint density at radius 3 is 2.37 bits per heavy atom. The van der Waals surface area contributed by atoms with Gasteiger partial charge in [0.25, 0.3) is 5.91 Å². The van der Waals surface area contributed by atoms with E-state index < -0.39 is 12.1 Å². The Hall–Kier alpha value is -3.28. The van der Waals surface area contributed by atoms with E-state index in [4.69, 9.17) is 14.2 Å². The Balaban J connectivity index is 2.02. The van der Waals surface area contributed by atoms with Gasteiger partial charge in [-0.05, 0) is 43.3 Å². The molecule has 6 heteroatoms. The van der Waals surface area contributed by atoms with Gasteiger partial charge in [-0.2, -0.15) is 0 Å². The molecule has 0 bridgehead atoms. The first-order valence-electron chi connectivity index (χ1n) is 8.39. The largest absolute Gasteiger partial charge is 0.497 e. The number of carbonyl (C=O) groups is 2. The van der Waals surface area contributed by atoms with Crippen molar-refractivity contribution in [3.05, 3.63) is 60.2 Å². The number of esters is 1. The maximum Gasteiger partial charge on any atom is 0.331 e. The zero-order chi connectivity index (χ0) is 19.8. The van der Waals surface area contributed by atoms with Crippen molar-refractivity contribution in [2.75, 3.05) is 26.2 Å². The summed E-state index contributed by atoms with van der Waals surface area (Å²) in [7, 11) is 4.73. The first-order chi connectivity index (χ1) is 13.0. The lowest BCUT2D eigenvalue weighted by Gasteiger charge is -2.21. The summed E-state index contributed by atoms with van der Waals surface area (Å²) in [5, 5.41) is 0. The molecular formula is C21H23NO5. The van der Waals surface area contributed by atoms with Gasteiger partial charge < -0.3 is 19.1 Å². The van der Waals surface area contributed by atoms with Gasteiger partial charge in [0.15, 0.2) is 6.10 Å². The lowest BCUT2D eigenvalue weighted by Crippen LogP contribution is -2.37. The van der Waals surface area contributed by atoms with Gasteiger partial charge in [-0.25, -0.2) is 4.79 Å². The van der Waals surface area contributed by atoms with E-state index in [1.54, 1.807) is 57.5 Å². The number of methoxy groups -OCH3 is 2. The van der Waals surface area contributed by atoms with E-state index in [0.29, 0.717) is 17.1 Å². The number of nitrogens with zero attached hydrogens (tertiary/aromatic N) is 1. The zero-order valence-corrected chi connectivity index (χ0v) is 15.8. The minimum Gasteiger partial charge on any atom is -0.497 e. The van der Waals surface area contributed by atoms with Crippen LogP contribution >= 0.6 is 0 Å². The number of amides is 1. The number of hydrogen-bond donors (Lipinski definition) is 0. The predicted molar refractivity (Wildman–Crippen MR) is 104 cm³/mol. The lowest BCUT2D eigenvalue weighted by atomic mass is 10.1. The molecule has 0 saturated heterocycles. The highest BCUT2D eigenvalue weighted by Crippen LogP contribution is 2.25. The molecule has 0 aliphatic rings. The molecule has 0 radical (unpaired) electrons. The Morgan fingerprint density at radius 1 is 1.04 bits per heavy atom. The van der Waals surface area contributed by atoms with Gasteiger partial charge >= 0.3 is 5.97 Å². The van der Waals surface area contributed by atoms with Crippen LogP contribution in [0.5, 0.6) is 11.5 Å². The molecular weight excluding hydrogens is 346 g/mol. The summed E-state index contributed by atoms with van der Waals surface area (Å²) in [6.07, 6.45) is 1.89. The number of rotatable bonds is 7. The van der Waals surface area contributed by atoms with Crippen molar-refractivity contribution in [2.24, 2.45) is 0 Å². The van der Waals surface area contributed by atoms with Gasteiger partial charge in [-0.3, -0.25) is 4.79 Å². The number of carbonyl (C=O) groups excluding carboxylic acids is 2.